The van der Waals surface area contributed by atoms with Gasteiger partial charge in [0.1, 0.15) is 16.5 Å². The molecule has 0 radical (unpaired) electrons. The first-order chi connectivity index (χ1) is 12.4. The van der Waals surface area contributed by atoms with E-state index in [9.17, 15) is 8.42 Å². The van der Waals surface area contributed by atoms with E-state index in [4.69, 9.17) is 14.6 Å². The van der Waals surface area contributed by atoms with Crippen molar-refractivity contribution in [3.05, 3.63) is 48.2 Å². The number of ether oxygens (including phenoxy) is 2. The van der Waals surface area contributed by atoms with Gasteiger partial charge in [-0.3, -0.25) is 0 Å². The Bertz CT molecular complexity index is 847. The highest BCUT2D eigenvalue weighted by atomic mass is 32.2. The van der Waals surface area contributed by atoms with Crippen LogP contribution >= 0.6 is 0 Å². The van der Waals surface area contributed by atoms with Gasteiger partial charge in [0.2, 0.25) is 10.0 Å². The van der Waals surface area contributed by atoms with E-state index in [-0.39, 0.29) is 16.1 Å². The van der Waals surface area contributed by atoms with E-state index in [1.165, 1.54) is 6.07 Å². The van der Waals surface area contributed by atoms with Crippen LogP contribution in [-0.4, -0.2) is 40.3 Å². The van der Waals surface area contributed by atoms with Crippen LogP contribution in [0, 0.1) is 0 Å². The summed E-state index contributed by atoms with van der Waals surface area (Å²) in [4.78, 5) is 4.16. The predicted molar refractivity (Wildman–Crippen MR) is 98.8 cm³/mol. The fourth-order valence-corrected chi connectivity index (χ4v) is 3.94. The lowest BCUT2D eigenvalue weighted by atomic mass is 9.74. The van der Waals surface area contributed by atoms with Crippen LogP contribution in [0.5, 0.6) is 5.75 Å². The summed E-state index contributed by atoms with van der Waals surface area (Å²) in [6.45, 7) is 1.83. The number of nitrogens with two attached hydrogens (primary N) is 1. The van der Waals surface area contributed by atoms with Crippen LogP contribution in [0.4, 0.5) is 5.82 Å². The Balaban J connectivity index is 1.88. The second-order valence-electron chi connectivity index (χ2n) is 6.37. The third-order valence-electron chi connectivity index (χ3n) is 4.82. The van der Waals surface area contributed by atoms with Gasteiger partial charge in [0.05, 0.1) is 7.11 Å². The first-order valence-electron chi connectivity index (χ1n) is 8.39. The second kappa shape index (κ2) is 7.61. The molecule has 0 atom stereocenters. The fourth-order valence-electron chi connectivity index (χ4n) is 3.28. The summed E-state index contributed by atoms with van der Waals surface area (Å²) in [7, 11) is -2.21. The molecule has 3 rings (SSSR count). The molecule has 140 valence electrons. The van der Waals surface area contributed by atoms with Gasteiger partial charge in [-0.05, 0) is 42.7 Å². The fraction of sp³-hybridized carbons (Fsp3) is 0.389. The zero-order chi connectivity index (χ0) is 18.6. The summed E-state index contributed by atoms with van der Waals surface area (Å²) >= 11 is 0. The molecule has 0 unspecified atom stereocenters. The predicted octanol–water partition coefficient (Wildman–Crippen LogP) is 1.90. The first-order valence-corrected chi connectivity index (χ1v) is 9.93. The summed E-state index contributed by atoms with van der Waals surface area (Å²) in [6, 6.07) is 11.0. The summed E-state index contributed by atoms with van der Waals surface area (Å²) in [5, 5.41) is 8.50. The van der Waals surface area contributed by atoms with Crippen LogP contribution in [0.3, 0.4) is 0 Å². The van der Waals surface area contributed by atoms with Gasteiger partial charge in [-0.15, -0.1) is 0 Å². The first kappa shape index (κ1) is 18.6. The zero-order valence-electron chi connectivity index (χ0n) is 14.6. The van der Waals surface area contributed by atoms with Crippen LogP contribution < -0.4 is 15.2 Å². The summed E-state index contributed by atoms with van der Waals surface area (Å²) in [5.41, 5.74) is 0.972. The maximum Gasteiger partial charge on any atom is 0.241 e. The zero-order valence-corrected chi connectivity index (χ0v) is 15.5. The van der Waals surface area contributed by atoms with Gasteiger partial charge in [-0.2, -0.15) is 0 Å². The van der Waals surface area contributed by atoms with E-state index in [0.717, 1.165) is 24.2 Å². The number of methoxy groups -OCH3 is 1. The van der Waals surface area contributed by atoms with Crippen molar-refractivity contribution < 1.29 is 17.9 Å². The van der Waals surface area contributed by atoms with Gasteiger partial charge in [0.25, 0.3) is 0 Å². The lowest BCUT2D eigenvalue weighted by molar-refractivity contribution is 0.0543. The van der Waals surface area contributed by atoms with Crippen LogP contribution in [0.2, 0.25) is 0 Å². The maximum absolute atomic E-state index is 11.8. The minimum absolute atomic E-state index is 0.00283. The summed E-state index contributed by atoms with van der Waals surface area (Å²) < 4.78 is 34.4. The number of primary sulfonamides is 1. The molecule has 2 heterocycles. The molecule has 1 saturated heterocycles. The SMILES string of the molecule is COc1ccc(C2(CNc3ncccc3S(N)(=O)=O)CCOCC2)cc1. The van der Waals surface area contributed by atoms with Crippen molar-refractivity contribution >= 4 is 15.8 Å². The Morgan fingerprint density at radius 3 is 2.54 bits per heavy atom. The van der Waals surface area contributed by atoms with E-state index in [2.05, 4.69) is 10.3 Å². The second-order valence-corrected chi connectivity index (χ2v) is 7.90. The smallest absolute Gasteiger partial charge is 0.241 e. The molecule has 1 aliphatic heterocycles. The molecular weight excluding hydrogens is 354 g/mol. The highest BCUT2D eigenvalue weighted by Crippen LogP contribution is 2.36. The summed E-state index contributed by atoms with van der Waals surface area (Å²) in [5.74, 6) is 1.07. The molecule has 1 fully saturated rings. The van der Waals surface area contributed by atoms with Gasteiger partial charge in [-0.25, -0.2) is 18.5 Å². The van der Waals surface area contributed by atoms with Crippen molar-refractivity contribution in [1.82, 2.24) is 4.98 Å². The van der Waals surface area contributed by atoms with E-state index in [0.29, 0.717) is 19.8 Å². The number of anilines is 1. The van der Waals surface area contributed by atoms with Crippen LogP contribution in [-0.2, 0) is 20.2 Å². The maximum atomic E-state index is 11.8. The minimum atomic E-state index is -3.85. The molecule has 0 spiro atoms. The van der Waals surface area contributed by atoms with Gasteiger partial charge in [0, 0.05) is 31.4 Å². The van der Waals surface area contributed by atoms with Crippen molar-refractivity contribution in [3.8, 4) is 5.75 Å². The number of nitrogens with one attached hydrogen (secondary N) is 1. The Hall–Kier alpha value is -2.16. The highest BCUT2D eigenvalue weighted by Gasteiger charge is 2.35. The molecule has 8 heteroatoms. The van der Waals surface area contributed by atoms with Crippen LogP contribution in [0.1, 0.15) is 18.4 Å². The number of hydrogen-bond acceptors (Lipinski definition) is 6. The highest BCUT2D eigenvalue weighted by molar-refractivity contribution is 7.89. The van der Waals surface area contributed by atoms with Gasteiger partial charge >= 0.3 is 0 Å². The van der Waals surface area contributed by atoms with Gasteiger partial charge in [0.15, 0.2) is 0 Å². The monoisotopic (exact) mass is 377 g/mol. The van der Waals surface area contributed by atoms with Crippen molar-refractivity contribution in [2.45, 2.75) is 23.2 Å². The van der Waals surface area contributed by atoms with E-state index in [1.54, 1.807) is 19.4 Å². The van der Waals surface area contributed by atoms with Crippen molar-refractivity contribution in [2.24, 2.45) is 5.14 Å². The third-order valence-corrected chi connectivity index (χ3v) is 5.77. The topological polar surface area (TPSA) is 104 Å². The molecule has 3 N–H and O–H groups in total. The van der Waals surface area contributed by atoms with Crippen molar-refractivity contribution in [1.29, 1.82) is 0 Å². The molecule has 7 nitrogen and oxygen atoms in total. The summed E-state index contributed by atoms with van der Waals surface area (Å²) in [6.07, 6.45) is 3.19. The molecule has 0 bridgehead atoms. The van der Waals surface area contributed by atoms with E-state index < -0.39 is 10.0 Å². The van der Waals surface area contributed by atoms with Crippen LogP contribution in [0.15, 0.2) is 47.5 Å². The molecular formula is C18H23N3O4S. The van der Waals surface area contributed by atoms with Gasteiger partial charge in [-0.1, -0.05) is 12.1 Å². The lowest BCUT2D eigenvalue weighted by Crippen LogP contribution is -2.40. The molecule has 1 aromatic carbocycles. The van der Waals surface area contributed by atoms with E-state index in [1.807, 2.05) is 24.3 Å². The Labute approximate surface area is 153 Å². The number of hydrogen-bond donors (Lipinski definition) is 2. The average molecular weight is 377 g/mol. The molecule has 1 aromatic heterocycles. The lowest BCUT2D eigenvalue weighted by Gasteiger charge is -2.38. The van der Waals surface area contributed by atoms with Crippen molar-refractivity contribution in [3.63, 3.8) is 0 Å². The molecule has 2 aromatic rings. The Morgan fingerprint density at radius 1 is 1.23 bits per heavy atom. The molecule has 0 amide bonds. The Kier molecular flexibility index (Phi) is 5.45. The third kappa shape index (κ3) is 3.98. The number of rotatable bonds is 6. The largest absolute Gasteiger partial charge is 0.497 e. The number of pyridine rings is 1. The average Bonchev–Trinajstić information content (AvgIpc) is 2.67. The van der Waals surface area contributed by atoms with Crippen molar-refractivity contribution in [2.75, 3.05) is 32.2 Å². The molecule has 0 saturated carbocycles. The van der Waals surface area contributed by atoms with E-state index >= 15 is 0 Å². The molecule has 1 aliphatic rings. The number of benzene rings is 1. The number of sulfonamides is 1. The normalized spacial score (nSPS) is 16.8. The molecule has 26 heavy (non-hydrogen) atoms. The quantitative estimate of drug-likeness (QED) is 0.797. The molecule has 0 aliphatic carbocycles. The van der Waals surface area contributed by atoms with Gasteiger partial charge < -0.3 is 14.8 Å². The minimum Gasteiger partial charge on any atom is -0.497 e. The van der Waals surface area contributed by atoms with Crippen LogP contribution in [0.25, 0.3) is 0 Å². The number of aromatic nitrogens is 1. The Morgan fingerprint density at radius 2 is 1.92 bits per heavy atom. The number of nitrogens with zero attached hydrogens (tertiary/aromatic N) is 1. The standard InChI is InChI=1S/C18H23N3O4S/c1-24-15-6-4-14(5-7-15)18(8-11-25-12-9-18)13-21-17-16(26(19,22)23)3-2-10-20-17/h2-7,10H,8-9,11-13H2,1H3,(H,20,21)(H2,19,22,23).